The molecule has 1 N–H and O–H groups in total. The van der Waals surface area contributed by atoms with Crippen LogP contribution in [0.4, 0.5) is 0 Å². The van der Waals surface area contributed by atoms with E-state index in [-0.39, 0.29) is 0 Å². The molecule has 0 unspecified atom stereocenters. The molecule has 0 saturated carbocycles. The molecular formula is C18H21NO. The van der Waals surface area contributed by atoms with Crippen LogP contribution in [0.25, 0.3) is 0 Å². The van der Waals surface area contributed by atoms with Gasteiger partial charge in [-0.25, -0.2) is 0 Å². The Morgan fingerprint density at radius 2 is 2.00 bits per heavy atom. The fraction of sp³-hybridized carbons (Fsp3) is 0.333. The van der Waals surface area contributed by atoms with E-state index >= 15 is 0 Å². The molecule has 1 heterocycles. The summed E-state index contributed by atoms with van der Waals surface area (Å²) in [6.07, 6.45) is 3.35. The smallest absolute Gasteiger partial charge is 0.119 e. The van der Waals surface area contributed by atoms with Crippen LogP contribution in [-0.4, -0.2) is 13.7 Å². The maximum atomic E-state index is 5.32. The SMILES string of the molecule is COc1ccc2c(c1)CCN[C@H]2CCc1ccccc1. The van der Waals surface area contributed by atoms with E-state index in [0.717, 1.165) is 31.6 Å². The molecule has 104 valence electrons. The van der Waals surface area contributed by atoms with Gasteiger partial charge >= 0.3 is 0 Å². The summed E-state index contributed by atoms with van der Waals surface area (Å²) in [5.41, 5.74) is 4.28. The summed E-state index contributed by atoms with van der Waals surface area (Å²) in [6, 6.07) is 17.7. The van der Waals surface area contributed by atoms with Crippen LogP contribution in [-0.2, 0) is 12.8 Å². The van der Waals surface area contributed by atoms with E-state index in [0.29, 0.717) is 6.04 Å². The number of fused-ring (bicyclic) bond motifs is 1. The van der Waals surface area contributed by atoms with Gasteiger partial charge in [-0.1, -0.05) is 36.4 Å². The first-order valence-corrected chi connectivity index (χ1v) is 7.31. The second kappa shape index (κ2) is 6.10. The molecule has 2 nitrogen and oxygen atoms in total. The first-order chi connectivity index (χ1) is 9.86. The van der Waals surface area contributed by atoms with Crippen LogP contribution in [0.3, 0.4) is 0 Å². The maximum absolute atomic E-state index is 5.32. The number of benzene rings is 2. The van der Waals surface area contributed by atoms with Gasteiger partial charge in [0, 0.05) is 6.04 Å². The van der Waals surface area contributed by atoms with E-state index < -0.39 is 0 Å². The highest BCUT2D eigenvalue weighted by atomic mass is 16.5. The standard InChI is InChI=1S/C18H21NO/c1-20-16-8-9-17-15(13-16)11-12-19-18(17)10-7-14-5-3-2-4-6-14/h2-6,8-9,13,18-19H,7,10-12H2,1H3/t18-/m0/s1. The lowest BCUT2D eigenvalue weighted by atomic mass is 9.90. The Hall–Kier alpha value is -1.80. The molecule has 0 radical (unpaired) electrons. The molecule has 0 bridgehead atoms. The minimum Gasteiger partial charge on any atom is -0.497 e. The predicted molar refractivity (Wildman–Crippen MR) is 82.2 cm³/mol. The monoisotopic (exact) mass is 267 g/mol. The molecule has 20 heavy (non-hydrogen) atoms. The molecule has 2 aromatic rings. The van der Waals surface area contributed by atoms with Gasteiger partial charge in [-0.2, -0.15) is 0 Å². The summed E-state index contributed by atoms with van der Waals surface area (Å²) >= 11 is 0. The van der Waals surface area contributed by atoms with Crippen LogP contribution in [0.1, 0.15) is 29.2 Å². The lowest BCUT2D eigenvalue weighted by Crippen LogP contribution is -2.30. The zero-order valence-electron chi connectivity index (χ0n) is 11.9. The molecule has 0 aromatic heterocycles. The number of methoxy groups -OCH3 is 1. The third kappa shape index (κ3) is 2.86. The Morgan fingerprint density at radius 3 is 2.80 bits per heavy atom. The van der Waals surface area contributed by atoms with Gasteiger partial charge in [0.1, 0.15) is 5.75 Å². The van der Waals surface area contributed by atoms with Gasteiger partial charge in [-0.05, 0) is 54.6 Å². The molecular weight excluding hydrogens is 246 g/mol. The van der Waals surface area contributed by atoms with E-state index in [1.165, 1.54) is 16.7 Å². The molecule has 2 heteroatoms. The van der Waals surface area contributed by atoms with Crippen LogP contribution in [0.2, 0.25) is 0 Å². The second-order valence-electron chi connectivity index (χ2n) is 5.35. The Kier molecular flexibility index (Phi) is 4.03. The number of aryl methyl sites for hydroxylation is 1. The molecule has 0 aliphatic carbocycles. The Morgan fingerprint density at radius 1 is 1.15 bits per heavy atom. The molecule has 2 aromatic carbocycles. The average Bonchev–Trinajstić information content (AvgIpc) is 2.53. The van der Waals surface area contributed by atoms with E-state index in [4.69, 9.17) is 4.74 Å². The summed E-state index contributed by atoms with van der Waals surface area (Å²) in [5.74, 6) is 0.965. The Bertz CT molecular complexity index is 565. The highest BCUT2D eigenvalue weighted by molar-refractivity contribution is 5.39. The highest BCUT2D eigenvalue weighted by Crippen LogP contribution is 2.29. The zero-order chi connectivity index (χ0) is 13.8. The lowest BCUT2D eigenvalue weighted by molar-refractivity contribution is 0.411. The van der Waals surface area contributed by atoms with Gasteiger partial charge in [-0.15, -0.1) is 0 Å². The van der Waals surface area contributed by atoms with Crippen molar-refractivity contribution in [2.24, 2.45) is 0 Å². The molecule has 3 rings (SSSR count). The van der Waals surface area contributed by atoms with Crippen molar-refractivity contribution in [2.45, 2.75) is 25.3 Å². The summed E-state index contributed by atoms with van der Waals surface area (Å²) in [5, 5.41) is 3.64. The van der Waals surface area contributed by atoms with Crippen molar-refractivity contribution in [3.63, 3.8) is 0 Å². The summed E-state index contributed by atoms with van der Waals surface area (Å²) in [6.45, 7) is 1.06. The van der Waals surface area contributed by atoms with Gasteiger partial charge in [0.25, 0.3) is 0 Å². The van der Waals surface area contributed by atoms with Gasteiger partial charge in [-0.3, -0.25) is 0 Å². The summed E-state index contributed by atoms with van der Waals surface area (Å²) < 4.78 is 5.32. The van der Waals surface area contributed by atoms with Crippen molar-refractivity contribution in [1.82, 2.24) is 5.32 Å². The third-order valence-electron chi connectivity index (χ3n) is 4.08. The zero-order valence-corrected chi connectivity index (χ0v) is 11.9. The van der Waals surface area contributed by atoms with E-state index in [9.17, 15) is 0 Å². The van der Waals surface area contributed by atoms with E-state index in [1.54, 1.807) is 7.11 Å². The number of hydrogen-bond acceptors (Lipinski definition) is 2. The van der Waals surface area contributed by atoms with E-state index in [2.05, 4.69) is 53.8 Å². The van der Waals surface area contributed by atoms with Crippen LogP contribution in [0, 0.1) is 0 Å². The fourth-order valence-electron chi connectivity index (χ4n) is 2.97. The second-order valence-corrected chi connectivity index (χ2v) is 5.35. The van der Waals surface area contributed by atoms with Gasteiger partial charge < -0.3 is 10.1 Å². The maximum Gasteiger partial charge on any atom is 0.119 e. The molecule has 1 atom stereocenters. The summed E-state index contributed by atoms with van der Waals surface area (Å²) in [7, 11) is 1.73. The van der Waals surface area contributed by atoms with Crippen molar-refractivity contribution in [2.75, 3.05) is 13.7 Å². The number of rotatable bonds is 4. The van der Waals surface area contributed by atoms with Crippen LogP contribution >= 0.6 is 0 Å². The topological polar surface area (TPSA) is 21.3 Å². The third-order valence-corrected chi connectivity index (χ3v) is 4.08. The lowest BCUT2D eigenvalue weighted by Gasteiger charge is -2.27. The minimum absolute atomic E-state index is 0.463. The van der Waals surface area contributed by atoms with Crippen molar-refractivity contribution < 1.29 is 4.74 Å². The number of hydrogen-bond donors (Lipinski definition) is 1. The number of ether oxygens (including phenoxy) is 1. The molecule has 1 aliphatic rings. The highest BCUT2D eigenvalue weighted by Gasteiger charge is 2.19. The fourth-order valence-corrected chi connectivity index (χ4v) is 2.97. The van der Waals surface area contributed by atoms with Gasteiger partial charge in [0.2, 0.25) is 0 Å². The number of nitrogens with one attached hydrogen (secondary N) is 1. The van der Waals surface area contributed by atoms with Crippen molar-refractivity contribution in [3.05, 3.63) is 65.2 Å². The molecule has 0 amide bonds. The average molecular weight is 267 g/mol. The Balaban J connectivity index is 1.73. The van der Waals surface area contributed by atoms with Crippen molar-refractivity contribution in [3.8, 4) is 5.75 Å². The van der Waals surface area contributed by atoms with E-state index in [1.807, 2.05) is 0 Å². The van der Waals surface area contributed by atoms with Gasteiger partial charge in [0.05, 0.1) is 7.11 Å². The van der Waals surface area contributed by atoms with Crippen LogP contribution in [0.15, 0.2) is 48.5 Å². The molecule has 1 aliphatic heterocycles. The van der Waals surface area contributed by atoms with Crippen molar-refractivity contribution >= 4 is 0 Å². The normalized spacial score (nSPS) is 17.6. The molecule has 0 fully saturated rings. The molecule has 0 saturated heterocycles. The Labute approximate surface area is 120 Å². The first-order valence-electron chi connectivity index (χ1n) is 7.31. The largest absolute Gasteiger partial charge is 0.497 e. The predicted octanol–water partition coefficient (Wildman–Crippen LogP) is 3.51. The summed E-state index contributed by atoms with van der Waals surface area (Å²) in [4.78, 5) is 0. The minimum atomic E-state index is 0.463. The molecule has 0 spiro atoms. The first kappa shape index (κ1) is 13.2. The van der Waals surface area contributed by atoms with Crippen LogP contribution in [0.5, 0.6) is 5.75 Å². The quantitative estimate of drug-likeness (QED) is 0.915. The van der Waals surface area contributed by atoms with Gasteiger partial charge in [0.15, 0.2) is 0 Å². The van der Waals surface area contributed by atoms with Crippen molar-refractivity contribution in [1.29, 1.82) is 0 Å². The van der Waals surface area contributed by atoms with Crippen LogP contribution < -0.4 is 10.1 Å².